The van der Waals surface area contributed by atoms with Gasteiger partial charge in [-0.3, -0.25) is 9.36 Å². The van der Waals surface area contributed by atoms with Crippen molar-refractivity contribution in [2.24, 2.45) is 5.92 Å². The Balaban J connectivity index is 1.58. The zero-order valence-corrected chi connectivity index (χ0v) is 20.3. The van der Waals surface area contributed by atoms with Crippen molar-refractivity contribution >= 4 is 18.6 Å². The highest BCUT2D eigenvalue weighted by atomic mass is 31.2. The van der Waals surface area contributed by atoms with Gasteiger partial charge in [0.2, 0.25) is 13.2 Å². The van der Waals surface area contributed by atoms with Crippen molar-refractivity contribution in [3.63, 3.8) is 0 Å². The highest BCUT2D eigenvalue weighted by Gasteiger charge is 2.29. The maximum Gasteiger partial charge on any atom is 0.258 e. The molecule has 180 valence electrons. The predicted octanol–water partition coefficient (Wildman–Crippen LogP) is 3.99. The zero-order valence-electron chi connectivity index (χ0n) is 19.4. The second-order valence-electron chi connectivity index (χ2n) is 8.56. The summed E-state index contributed by atoms with van der Waals surface area (Å²) < 4.78 is 19.6. The monoisotopic (exact) mass is 483 g/mol. The number of aromatic nitrogens is 4. The van der Waals surface area contributed by atoms with E-state index in [4.69, 9.17) is 4.52 Å². The third-order valence-electron chi connectivity index (χ3n) is 6.21. The van der Waals surface area contributed by atoms with E-state index in [1.165, 1.54) is 17.3 Å². The number of rotatable bonds is 8. The molecule has 1 aliphatic carbocycles. The molecule has 4 rings (SSSR count). The van der Waals surface area contributed by atoms with Crippen LogP contribution in [0.15, 0.2) is 48.9 Å². The standard InChI is InChI=1S/C24H30N5O4P/c1-3-33-34(2,32)19-12-10-18(11-13-19)21(17-8-5-4-6-9-17)27-22(30)20-16-25-24(28-23(20)31)29-15-7-14-26-29/h7,10-17,21H,3-6,8-9H2,1-2H3,(H,27,30)(H,25,28,31)/t21-,34-/m1/s1. The zero-order chi connectivity index (χ0) is 24.1. The Morgan fingerprint density at radius 1 is 1.26 bits per heavy atom. The van der Waals surface area contributed by atoms with Gasteiger partial charge in [-0.25, -0.2) is 9.67 Å². The number of hydrogen-bond donors (Lipinski definition) is 2. The lowest BCUT2D eigenvalue weighted by atomic mass is 9.81. The van der Waals surface area contributed by atoms with Gasteiger partial charge in [0.15, 0.2) is 0 Å². The van der Waals surface area contributed by atoms with Gasteiger partial charge in [-0.1, -0.05) is 31.4 Å². The van der Waals surface area contributed by atoms with E-state index >= 15 is 0 Å². The molecule has 0 bridgehead atoms. The minimum atomic E-state index is -2.88. The Morgan fingerprint density at radius 3 is 2.62 bits per heavy atom. The summed E-state index contributed by atoms with van der Waals surface area (Å²) in [6, 6.07) is 8.89. The number of nitrogens with zero attached hydrogens (tertiary/aromatic N) is 4. The lowest BCUT2D eigenvalue weighted by Gasteiger charge is -2.31. The number of benzene rings is 1. The Morgan fingerprint density at radius 2 is 2.00 bits per heavy atom. The van der Waals surface area contributed by atoms with Crippen LogP contribution >= 0.6 is 7.37 Å². The third-order valence-corrected chi connectivity index (χ3v) is 8.20. The van der Waals surface area contributed by atoms with Crippen LogP contribution in [0.5, 0.6) is 5.88 Å². The van der Waals surface area contributed by atoms with E-state index in [1.54, 1.807) is 25.1 Å². The quantitative estimate of drug-likeness (QED) is 0.465. The van der Waals surface area contributed by atoms with Crippen molar-refractivity contribution in [2.45, 2.75) is 45.1 Å². The van der Waals surface area contributed by atoms with Crippen LogP contribution in [-0.2, 0) is 9.09 Å². The summed E-state index contributed by atoms with van der Waals surface area (Å²) in [5, 5.41) is 18.2. The Labute approximate surface area is 199 Å². The first-order chi connectivity index (χ1) is 16.4. The molecule has 9 nitrogen and oxygen atoms in total. The second kappa shape index (κ2) is 10.5. The van der Waals surface area contributed by atoms with Crippen molar-refractivity contribution in [3.8, 4) is 11.8 Å². The molecule has 0 radical (unpaired) electrons. The predicted molar refractivity (Wildman–Crippen MR) is 129 cm³/mol. The van der Waals surface area contributed by atoms with E-state index in [1.807, 2.05) is 31.2 Å². The molecule has 1 aliphatic rings. The number of amides is 1. The van der Waals surface area contributed by atoms with Crippen LogP contribution in [0.25, 0.3) is 5.95 Å². The molecule has 10 heteroatoms. The highest BCUT2D eigenvalue weighted by Crippen LogP contribution is 2.41. The summed E-state index contributed by atoms with van der Waals surface area (Å²) in [4.78, 5) is 21.4. The molecule has 1 fully saturated rings. The summed E-state index contributed by atoms with van der Waals surface area (Å²) in [7, 11) is -2.88. The van der Waals surface area contributed by atoms with Gasteiger partial charge in [0, 0.05) is 30.6 Å². The van der Waals surface area contributed by atoms with Gasteiger partial charge in [0.1, 0.15) is 5.56 Å². The molecule has 2 atom stereocenters. The molecule has 1 saturated carbocycles. The van der Waals surface area contributed by atoms with Gasteiger partial charge in [-0.05, 0) is 49.4 Å². The van der Waals surface area contributed by atoms with E-state index < -0.39 is 19.2 Å². The summed E-state index contributed by atoms with van der Waals surface area (Å²) in [5.74, 6) is -0.411. The average Bonchev–Trinajstić information content (AvgIpc) is 3.38. The van der Waals surface area contributed by atoms with E-state index in [0.29, 0.717) is 11.9 Å². The molecular weight excluding hydrogens is 453 g/mol. The molecule has 3 aromatic rings. The molecule has 0 unspecified atom stereocenters. The van der Waals surface area contributed by atoms with Gasteiger partial charge >= 0.3 is 0 Å². The molecular formula is C24H30N5O4P. The van der Waals surface area contributed by atoms with E-state index in [-0.39, 0.29) is 23.5 Å². The van der Waals surface area contributed by atoms with Crippen LogP contribution in [-0.4, -0.2) is 44.0 Å². The fourth-order valence-corrected chi connectivity index (χ4v) is 5.79. The number of carbonyl (C=O) groups is 1. The Kier molecular flexibility index (Phi) is 7.44. The van der Waals surface area contributed by atoms with Crippen molar-refractivity contribution in [1.82, 2.24) is 25.1 Å². The molecule has 0 spiro atoms. The maximum absolute atomic E-state index is 13.2. The first-order valence-corrected chi connectivity index (χ1v) is 13.7. The normalized spacial score (nSPS) is 17.1. The molecule has 0 saturated heterocycles. The number of carbonyl (C=O) groups excluding carboxylic acids is 1. The summed E-state index contributed by atoms with van der Waals surface area (Å²) in [6.45, 7) is 3.81. The first-order valence-electron chi connectivity index (χ1n) is 11.6. The third kappa shape index (κ3) is 5.37. The van der Waals surface area contributed by atoms with Gasteiger partial charge in [-0.2, -0.15) is 10.1 Å². The summed E-state index contributed by atoms with van der Waals surface area (Å²) in [6.07, 6.45) is 9.94. The van der Waals surface area contributed by atoms with Gasteiger partial charge < -0.3 is 14.9 Å². The molecule has 2 aromatic heterocycles. The van der Waals surface area contributed by atoms with E-state index in [9.17, 15) is 14.5 Å². The van der Waals surface area contributed by atoms with Crippen LogP contribution < -0.4 is 10.6 Å². The van der Waals surface area contributed by atoms with Gasteiger partial charge in [0.05, 0.1) is 12.6 Å². The average molecular weight is 484 g/mol. The van der Waals surface area contributed by atoms with Crippen LogP contribution in [0, 0.1) is 5.92 Å². The molecule has 34 heavy (non-hydrogen) atoms. The van der Waals surface area contributed by atoms with Crippen molar-refractivity contribution in [1.29, 1.82) is 0 Å². The molecule has 1 amide bonds. The van der Waals surface area contributed by atoms with Gasteiger partial charge in [-0.15, -0.1) is 0 Å². The molecule has 1 aromatic carbocycles. The van der Waals surface area contributed by atoms with Crippen molar-refractivity contribution in [2.75, 3.05) is 13.3 Å². The van der Waals surface area contributed by atoms with Crippen LogP contribution in [0.3, 0.4) is 0 Å². The fourth-order valence-electron chi connectivity index (χ4n) is 4.45. The Bertz CT molecular complexity index is 1160. The fraction of sp³-hybridized carbons (Fsp3) is 0.417. The number of hydrogen-bond acceptors (Lipinski definition) is 7. The lowest BCUT2D eigenvalue weighted by molar-refractivity contribution is 0.0908. The maximum atomic E-state index is 13.2. The van der Waals surface area contributed by atoms with Crippen LogP contribution in [0.4, 0.5) is 0 Å². The SMILES string of the molecule is CCO[P@@](C)(=O)c1ccc([C@H](NC(=O)c2cnc(-n3cccn3)nc2O)C2CCCCC2)cc1. The minimum Gasteiger partial charge on any atom is -0.493 e. The minimum absolute atomic E-state index is 0.00254. The van der Waals surface area contributed by atoms with Crippen molar-refractivity contribution < 1.29 is 19.0 Å². The number of aromatic hydroxyl groups is 1. The number of nitrogens with one attached hydrogen (secondary N) is 1. The highest BCUT2D eigenvalue weighted by molar-refractivity contribution is 7.66. The van der Waals surface area contributed by atoms with Crippen LogP contribution in [0.2, 0.25) is 0 Å². The van der Waals surface area contributed by atoms with Crippen molar-refractivity contribution in [3.05, 3.63) is 60.0 Å². The largest absolute Gasteiger partial charge is 0.493 e. The molecule has 2 heterocycles. The summed E-state index contributed by atoms with van der Waals surface area (Å²) >= 11 is 0. The molecule has 2 N–H and O–H groups in total. The van der Waals surface area contributed by atoms with E-state index in [0.717, 1.165) is 31.2 Å². The smallest absolute Gasteiger partial charge is 0.258 e. The topological polar surface area (TPSA) is 119 Å². The van der Waals surface area contributed by atoms with Crippen LogP contribution in [0.1, 0.15) is 61.0 Å². The summed E-state index contributed by atoms with van der Waals surface area (Å²) in [5.41, 5.74) is 0.928. The second-order valence-corrected chi connectivity index (χ2v) is 11.0. The van der Waals surface area contributed by atoms with E-state index in [2.05, 4.69) is 20.4 Å². The first kappa shape index (κ1) is 24.1. The lowest BCUT2D eigenvalue weighted by Crippen LogP contribution is -2.35. The molecule has 0 aliphatic heterocycles. The Hall–Kier alpha value is -3.03. The van der Waals surface area contributed by atoms with Gasteiger partial charge in [0.25, 0.3) is 11.9 Å².